The predicted octanol–water partition coefficient (Wildman–Crippen LogP) is 5.56. The lowest BCUT2D eigenvalue weighted by Gasteiger charge is -2.20. The average Bonchev–Trinajstić information content (AvgIpc) is 3.43. The standard InChI is InChI=1S/C27H33N3O4S/c1-17-7-9-20(10-8-17)25-24(26(31)28-2)22-15-21(19-11-12-19)23(29-27(22)34-25)16-30(35(32)33)14-13-18-5-3-4-6-18/h7-10,15,18-19H,3-6,11-14,16H2,1-2H3,(H,28,31)(H,32,33). The molecular formula is C27H33N3O4S. The molecule has 7 nitrogen and oxygen atoms in total. The molecule has 2 aliphatic carbocycles. The molecule has 2 heterocycles. The summed E-state index contributed by atoms with van der Waals surface area (Å²) in [5, 5.41) is 3.43. The Kier molecular flexibility index (Phi) is 7.05. The van der Waals surface area contributed by atoms with Crippen molar-refractivity contribution in [3.8, 4) is 11.3 Å². The van der Waals surface area contributed by atoms with Crippen LogP contribution in [0.4, 0.5) is 0 Å². The number of hydrogen-bond donors (Lipinski definition) is 2. The maximum atomic E-state index is 12.9. The third kappa shape index (κ3) is 5.20. The van der Waals surface area contributed by atoms with Crippen LogP contribution in [0.25, 0.3) is 22.4 Å². The van der Waals surface area contributed by atoms with Crippen LogP contribution in [0.1, 0.15) is 78.0 Å². The monoisotopic (exact) mass is 495 g/mol. The van der Waals surface area contributed by atoms with Crippen molar-refractivity contribution in [3.63, 3.8) is 0 Å². The molecule has 5 rings (SSSR count). The number of hydrogen-bond acceptors (Lipinski definition) is 4. The van der Waals surface area contributed by atoms with Crippen LogP contribution in [-0.4, -0.2) is 37.6 Å². The molecule has 35 heavy (non-hydrogen) atoms. The van der Waals surface area contributed by atoms with Gasteiger partial charge in [0.25, 0.3) is 5.91 Å². The molecule has 0 saturated heterocycles. The van der Waals surface area contributed by atoms with Crippen LogP contribution in [0.3, 0.4) is 0 Å². The number of pyridine rings is 1. The van der Waals surface area contributed by atoms with E-state index < -0.39 is 11.3 Å². The van der Waals surface area contributed by atoms with Gasteiger partial charge in [-0.3, -0.25) is 9.35 Å². The van der Waals surface area contributed by atoms with Gasteiger partial charge in [0.15, 0.2) is 0 Å². The fraction of sp³-hybridized carbons (Fsp3) is 0.481. The molecule has 0 aliphatic heterocycles. The first-order valence-electron chi connectivity index (χ1n) is 12.6. The zero-order valence-electron chi connectivity index (χ0n) is 20.4. The van der Waals surface area contributed by atoms with E-state index >= 15 is 0 Å². The number of nitrogens with one attached hydrogen (secondary N) is 1. The van der Waals surface area contributed by atoms with E-state index in [4.69, 9.17) is 9.40 Å². The maximum absolute atomic E-state index is 12.9. The van der Waals surface area contributed by atoms with Crippen molar-refractivity contribution in [1.29, 1.82) is 0 Å². The van der Waals surface area contributed by atoms with Gasteiger partial charge in [-0.1, -0.05) is 55.5 Å². The highest BCUT2D eigenvalue weighted by Crippen LogP contribution is 2.44. The van der Waals surface area contributed by atoms with Gasteiger partial charge in [-0.2, -0.15) is 4.31 Å². The van der Waals surface area contributed by atoms with Gasteiger partial charge in [0.1, 0.15) is 5.76 Å². The summed E-state index contributed by atoms with van der Waals surface area (Å²) in [6.45, 7) is 2.86. The van der Waals surface area contributed by atoms with Crippen LogP contribution in [0.15, 0.2) is 34.7 Å². The lowest BCUT2D eigenvalue weighted by Crippen LogP contribution is -2.28. The number of aromatic nitrogens is 1. The van der Waals surface area contributed by atoms with Crippen LogP contribution in [0.5, 0.6) is 0 Å². The number of furan rings is 1. The van der Waals surface area contributed by atoms with E-state index in [2.05, 4.69) is 5.32 Å². The summed E-state index contributed by atoms with van der Waals surface area (Å²) < 4.78 is 30.0. The topological polar surface area (TPSA) is 95.7 Å². The first kappa shape index (κ1) is 24.2. The molecule has 1 amide bonds. The summed E-state index contributed by atoms with van der Waals surface area (Å²) in [5.74, 6) is 1.28. The van der Waals surface area contributed by atoms with Gasteiger partial charge < -0.3 is 9.73 Å². The van der Waals surface area contributed by atoms with Crippen molar-refractivity contribution in [2.45, 2.75) is 64.3 Å². The van der Waals surface area contributed by atoms with Crippen molar-refractivity contribution in [2.75, 3.05) is 13.6 Å². The van der Waals surface area contributed by atoms with Crippen LogP contribution in [-0.2, 0) is 17.8 Å². The molecule has 2 fully saturated rings. The van der Waals surface area contributed by atoms with E-state index in [1.54, 1.807) is 11.4 Å². The Bertz CT molecular complexity index is 1240. The number of nitrogens with zero attached hydrogens (tertiary/aromatic N) is 2. The van der Waals surface area contributed by atoms with Gasteiger partial charge in [-0.15, -0.1) is 0 Å². The summed E-state index contributed by atoms with van der Waals surface area (Å²) in [4.78, 5) is 17.8. The second-order valence-corrected chi connectivity index (χ2v) is 10.9. The van der Waals surface area contributed by atoms with Crippen molar-refractivity contribution < 1.29 is 18.0 Å². The molecule has 8 heteroatoms. The number of carbonyl (C=O) groups excluding carboxylic acids is 1. The highest BCUT2D eigenvalue weighted by Gasteiger charge is 2.31. The quantitative estimate of drug-likeness (QED) is 0.379. The van der Waals surface area contributed by atoms with Crippen LogP contribution < -0.4 is 5.32 Å². The Balaban J connectivity index is 1.54. The van der Waals surface area contributed by atoms with Gasteiger partial charge in [-0.25, -0.2) is 9.19 Å². The zero-order valence-corrected chi connectivity index (χ0v) is 21.2. The molecular weight excluding hydrogens is 462 g/mol. The summed E-state index contributed by atoms with van der Waals surface area (Å²) in [5.41, 5.74) is 4.62. The molecule has 0 spiro atoms. The molecule has 2 N–H and O–H groups in total. The van der Waals surface area contributed by atoms with E-state index in [1.165, 1.54) is 25.7 Å². The van der Waals surface area contributed by atoms with Crippen molar-refractivity contribution >= 4 is 28.3 Å². The molecule has 2 aromatic heterocycles. The minimum Gasteiger partial charge on any atom is -0.437 e. The third-order valence-corrected chi connectivity index (χ3v) is 8.14. The maximum Gasteiger partial charge on any atom is 0.255 e. The van der Waals surface area contributed by atoms with Gasteiger partial charge in [0.2, 0.25) is 17.0 Å². The number of amides is 1. The van der Waals surface area contributed by atoms with Crippen molar-refractivity contribution in [3.05, 3.63) is 52.7 Å². The Hall–Kier alpha value is -2.55. The molecule has 1 atom stereocenters. The van der Waals surface area contributed by atoms with E-state index in [0.717, 1.165) is 41.6 Å². The first-order valence-corrected chi connectivity index (χ1v) is 13.6. The van der Waals surface area contributed by atoms with Crippen molar-refractivity contribution in [2.24, 2.45) is 5.92 Å². The molecule has 0 radical (unpaired) electrons. The second-order valence-electron chi connectivity index (χ2n) is 9.94. The number of aryl methyl sites for hydroxylation is 1. The predicted molar refractivity (Wildman–Crippen MR) is 137 cm³/mol. The molecule has 1 unspecified atom stereocenters. The highest BCUT2D eigenvalue weighted by molar-refractivity contribution is 7.76. The molecule has 1 aromatic carbocycles. The smallest absolute Gasteiger partial charge is 0.255 e. The Morgan fingerprint density at radius 1 is 1.20 bits per heavy atom. The Morgan fingerprint density at radius 2 is 1.91 bits per heavy atom. The van der Waals surface area contributed by atoms with E-state index in [0.29, 0.717) is 40.8 Å². The number of rotatable bonds is 9. The van der Waals surface area contributed by atoms with Crippen LogP contribution in [0, 0.1) is 12.8 Å². The third-order valence-electron chi connectivity index (χ3n) is 7.39. The fourth-order valence-corrected chi connectivity index (χ4v) is 5.71. The molecule has 2 aliphatic rings. The second kappa shape index (κ2) is 10.2. The van der Waals surface area contributed by atoms with Gasteiger partial charge in [0, 0.05) is 19.2 Å². The highest BCUT2D eigenvalue weighted by atomic mass is 32.2. The summed E-state index contributed by atoms with van der Waals surface area (Å²) in [6.07, 6.45) is 7.97. The van der Waals surface area contributed by atoms with Crippen LogP contribution >= 0.6 is 0 Å². The Labute approximate surface area is 208 Å². The van der Waals surface area contributed by atoms with Gasteiger partial charge >= 0.3 is 0 Å². The largest absolute Gasteiger partial charge is 0.437 e. The zero-order chi connectivity index (χ0) is 24.5. The summed E-state index contributed by atoms with van der Waals surface area (Å²) in [6, 6.07) is 9.90. The van der Waals surface area contributed by atoms with Crippen molar-refractivity contribution in [1.82, 2.24) is 14.6 Å². The van der Waals surface area contributed by atoms with E-state index in [1.807, 2.05) is 37.3 Å². The van der Waals surface area contributed by atoms with Crippen LogP contribution in [0.2, 0.25) is 0 Å². The minimum absolute atomic E-state index is 0.217. The Morgan fingerprint density at radius 3 is 2.54 bits per heavy atom. The SMILES string of the molecule is CNC(=O)c1c(-c2ccc(C)cc2)oc2nc(CN(CCC3CCCC3)S(=O)O)c(C3CC3)cc12. The molecule has 0 bridgehead atoms. The number of fused-ring (bicyclic) bond motifs is 1. The molecule has 186 valence electrons. The van der Waals surface area contributed by atoms with Gasteiger partial charge in [-0.05, 0) is 49.7 Å². The summed E-state index contributed by atoms with van der Waals surface area (Å²) in [7, 11) is 1.61. The molecule has 2 saturated carbocycles. The van der Waals surface area contributed by atoms with E-state index in [9.17, 15) is 13.6 Å². The lowest BCUT2D eigenvalue weighted by atomic mass is 10.0. The van der Waals surface area contributed by atoms with Gasteiger partial charge in [0.05, 0.1) is 23.2 Å². The number of benzene rings is 1. The first-order chi connectivity index (χ1) is 16.9. The minimum atomic E-state index is -2.08. The average molecular weight is 496 g/mol. The van der Waals surface area contributed by atoms with E-state index in [-0.39, 0.29) is 12.5 Å². The fourth-order valence-electron chi connectivity index (χ4n) is 5.21. The number of carbonyl (C=O) groups is 1. The molecule has 3 aromatic rings. The normalized spacial score (nSPS) is 17.4. The summed E-state index contributed by atoms with van der Waals surface area (Å²) >= 11 is -2.08. The lowest BCUT2D eigenvalue weighted by molar-refractivity contribution is 0.0964.